The van der Waals surface area contributed by atoms with E-state index in [1.165, 1.54) is 18.4 Å². The van der Waals surface area contributed by atoms with Gasteiger partial charge in [-0.1, -0.05) is 12.1 Å². The molecule has 0 bridgehead atoms. The van der Waals surface area contributed by atoms with Crippen molar-refractivity contribution in [2.45, 2.75) is 50.9 Å². The van der Waals surface area contributed by atoms with Crippen molar-refractivity contribution in [2.24, 2.45) is 16.7 Å². The lowest BCUT2D eigenvalue weighted by Gasteiger charge is -2.53. The molecule has 2 saturated heterocycles. The normalized spacial score (nSPS) is 28.0. The Hall–Kier alpha value is -2.04. The molecule has 5 nitrogen and oxygen atoms in total. The van der Waals surface area contributed by atoms with Crippen molar-refractivity contribution in [3.63, 3.8) is 0 Å². The Balaban J connectivity index is 1.10. The van der Waals surface area contributed by atoms with Gasteiger partial charge in [-0.3, -0.25) is 9.59 Å². The number of rotatable bonds is 3. The Morgan fingerprint density at radius 2 is 1.75 bits per heavy atom. The molecule has 1 aromatic rings. The molecular weight excluding hydrogens is 354 g/mol. The first kappa shape index (κ1) is 18.0. The summed E-state index contributed by atoms with van der Waals surface area (Å²) in [4.78, 5) is 26.3. The second-order valence-corrected chi connectivity index (χ2v) is 9.65. The van der Waals surface area contributed by atoms with Crippen molar-refractivity contribution in [2.75, 3.05) is 26.8 Å². The van der Waals surface area contributed by atoms with Gasteiger partial charge in [0.05, 0.1) is 20.1 Å². The van der Waals surface area contributed by atoms with Gasteiger partial charge in [-0.15, -0.1) is 0 Å². The van der Waals surface area contributed by atoms with Crippen LogP contribution in [0.25, 0.3) is 0 Å². The lowest BCUT2D eigenvalue weighted by molar-refractivity contribution is -0.147. The predicted molar refractivity (Wildman–Crippen MR) is 104 cm³/mol. The maximum absolute atomic E-state index is 12.9. The van der Waals surface area contributed by atoms with Crippen molar-refractivity contribution < 1.29 is 19.1 Å². The summed E-state index contributed by atoms with van der Waals surface area (Å²) in [5.41, 5.74) is 1.83. The molecule has 0 unspecified atom stereocenters. The van der Waals surface area contributed by atoms with Crippen LogP contribution in [0, 0.1) is 16.7 Å². The summed E-state index contributed by atoms with van der Waals surface area (Å²) in [6.07, 6.45) is 6.92. The molecule has 4 fully saturated rings. The van der Waals surface area contributed by atoms with E-state index in [0.29, 0.717) is 30.3 Å². The van der Waals surface area contributed by atoms with Crippen molar-refractivity contribution >= 4 is 11.9 Å². The molecule has 2 heterocycles. The van der Waals surface area contributed by atoms with Gasteiger partial charge in [-0.25, -0.2) is 0 Å². The fourth-order valence-electron chi connectivity index (χ4n) is 6.03. The number of benzene rings is 1. The first-order valence-corrected chi connectivity index (χ1v) is 10.6. The molecule has 1 amide bonds. The second kappa shape index (κ2) is 6.50. The number of carbonyl (C=O) groups excluding carboxylic acids is 2. The molecule has 0 N–H and O–H groups in total. The molecule has 2 aliphatic carbocycles. The van der Waals surface area contributed by atoms with Gasteiger partial charge in [0.1, 0.15) is 5.75 Å². The zero-order chi connectivity index (χ0) is 19.4. The molecule has 2 spiro atoms. The van der Waals surface area contributed by atoms with Crippen molar-refractivity contribution in [3.8, 4) is 5.75 Å². The largest absolute Gasteiger partial charge is 0.497 e. The first-order chi connectivity index (χ1) is 13.5. The van der Waals surface area contributed by atoms with Gasteiger partial charge in [0.25, 0.3) is 0 Å². The number of likely N-dealkylation sites (tertiary alicyclic amines) is 1. The summed E-state index contributed by atoms with van der Waals surface area (Å²) in [7, 11) is 1.70. The number of nitrogens with zero attached hydrogens (tertiary/aromatic N) is 1. The van der Waals surface area contributed by atoms with Crippen LogP contribution in [0.15, 0.2) is 24.3 Å². The highest BCUT2D eigenvalue weighted by atomic mass is 16.5. The van der Waals surface area contributed by atoms with Crippen LogP contribution in [-0.4, -0.2) is 43.6 Å². The van der Waals surface area contributed by atoms with Gasteiger partial charge in [0.15, 0.2) is 0 Å². The van der Waals surface area contributed by atoms with E-state index in [1.807, 2.05) is 0 Å². The number of hydrogen-bond acceptors (Lipinski definition) is 4. The van der Waals surface area contributed by atoms with Crippen LogP contribution < -0.4 is 4.74 Å². The molecule has 28 heavy (non-hydrogen) atoms. The minimum atomic E-state index is -0.0952. The Kier molecular flexibility index (Phi) is 4.18. The number of esters is 1. The van der Waals surface area contributed by atoms with Crippen LogP contribution in [0.2, 0.25) is 0 Å². The van der Waals surface area contributed by atoms with Crippen LogP contribution in [0.1, 0.15) is 56.4 Å². The second-order valence-electron chi connectivity index (χ2n) is 9.65. The highest BCUT2D eigenvalue weighted by Crippen LogP contribution is 2.57. The number of piperidine rings is 1. The maximum atomic E-state index is 12.9. The molecule has 0 aromatic heterocycles. The first-order valence-electron chi connectivity index (χ1n) is 10.6. The Labute approximate surface area is 166 Å². The van der Waals surface area contributed by atoms with Gasteiger partial charge >= 0.3 is 5.97 Å². The third-order valence-corrected chi connectivity index (χ3v) is 7.85. The van der Waals surface area contributed by atoms with E-state index in [2.05, 4.69) is 29.2 Å². The van der Waals surface area contributed by atoms with Gasteiger partial charge < -0.3 is 14.4 Å². The van der Waals surface area contributed by atoms with E-state index in [0.717, 1.165) is 44.5 Å². The molecular formula is C23H29NO4. The van der Waals surface area contributed by atoms with Gasteiger partial charge in [0.2, 0.25) is 5.91 Å². The van der Waals surface area contributed by atoms with E-state index >= 15 is 0 Å². The Morgan fingerprint density at radius 1 is 1.07 bits per heavy atom. The van der Waals surface area contributed by atoms with Gasteiger partial charge in [-0.05, 0) is 67.6 Å². The van der Waals surface area contributed by atoms with E-state index in [4.69, 9.17) is 9.47 Å². The van der Waals surface area contributed by atoms with E-state index in [1.54, 1.807) is 7.11 Å². The van der Waals surface area contributed by atoms with Crippen molar-refractivity contribution in [3.05, 3.63) is 29.8 Å². The van der Waals surface area contributed by atoms with E-state index in [-0.39, 0.29) is 17.3 Å². The van der Waals surface area contributed by atoms with E-state index in [9.17, 15) is 9.59 Å². The number of carbonyl (C=O) groups is 2. The third kappa shape index (κ3) is 2.99. The lowest BCUT2D eigenvalue weighted by atomic mass is 9.56. The minimum absolute atomic E-state index is 0.0199. The van der Waals surface area contributed by atoms with Crippen LogP contribution in [0.4, 0.5) is 0 Å². The minimum Gasteiger partial charge on any atom is -0.497 e. The number of hydrogen-bond donors (Lipinski definition) is 0. The van der Waals surface area contributed by atoms with Gasteiger partial charge in [0, 0.05) is 24.4 Å². The van der Waals surface area contributed by atoms with Crippen molar-refractivity contribution in [1.29, 1.82) is 0 Å². The highest BCUT2D eigenvalue weighted by Gasteiger charge is 2.54. The zero-order valence-corrected chi connectivity index (χ0v) is 16.6. The Bertz CT molecular complexity index is 764. The molecule has 150 valence electrons. The Morgan fingerprint density at radius 3 is 2.32 bits per heavy atom. The smallest absolute Gasteiger partial charge is 0.306 e. The van der Waals surface area contributed by atoms with Crippen molar-refractivity contribution in [1.82, 2.24) is 4.90 Å². The number of methoxy groups -OCH3 is 1. The highest BCUT2D eigenvalue weighted by molar-refractivity contribution is 5.81. The fourth-order valence-corrected chi connectivity index (χ4v) is 6.03. The molecule has 2 aliphatic heterocycles. The van der Waals surface area contributed by atoms with Crippen LogP contribution in [0.3, 0.4) is 0 Å². The lowest BCUT2D eigenvalue weighted by Crippen LogP contribution is -2.52. The van der Waals surface area contributed by atoms with Crippen LogP contribution in [-0.2, 0) is 14.3 Å². The zero-order valence-electron chi connectivity index (χ0n) is 16.6. The molecule has 1 aromatic carbocycles. The summed E-state index contributed by atoms with van der Waals surface area (Å²) >= 11 is 0. The monoisotopic (exact) mass is 383 g/mol. The molecule has 0 atom stereocenters. The van der Waals surface area contributed by atoms with Crippen LogP contribution in [0.5, 0.6) is 5.75 Å². The SMILES string of the molecule is COc1ccc(C2CC3(CCN(C(=O)C4CC5(COC(=O)C5)C4)CC3)C2)cc1. The summed E-state index contributed by atoms with van der Waals surface area (Å²) < 4.78 is 10.4. The standard InChI is InChI=1S/C23H29NO4/c1-27-19-4-2-16(3-5-19)17-10-22(11-17)6-8-24(9-7-22)21(26)18-12-23(13-18)14-20(25)28-15-23/h2-5,17-18H,6-15H2,1H3. The molecule has 0 radical (unpaired) electrons. The molecule has 5 rings (SSSR count). The van der Waals surface area contributed by atoms with Gasteiger partial charge in [-0.2, -0.15) is 0 Å². The predicted octanol–water partition coefficient (Wildman–Crippen LogP) is 3.52. The molecule has 2 saturated carbocycles. The third-order valence-electron chi connectivity index (χ3n) is 7.85. The quantitative estimate of drug-likeness (QED) is 0.750. The van der Waals surface area contributed by atoms with E-state index < -0.39 is 0 Å². The maximum Gasteiger partial charge on any atom is 0.306 e. The number of cyclic esters (lactones) is 1. The fraction of sp³-hybridized carbons (Fsp3) is 0.652. The summed E-state index contributed by atoms with van der Waals surface area (Å²) in [6, 6.07) is 8.49. The summed E-state index contributed by atoms with van der Waals surface area (Å²) in [5, 5.41) is 0. The number of ether oxygens (including phenoxy) is 2. The summed E-state index contributed by atoms with van der Waals surface area (Å²) in [5.74, 6) is 1.89. The summed E-state index contributed by atoms with van der Waals surface area (Å²) in [6.45, 7) is 2.31. The van der Waals surface area contributed by atoms with Crippen LogP contribution >= 0.6 is 0 Å². The topological polar surface area (TPSA) is 55.8 Å². The molecule has 4 aliphatic rings. The molecule has 5 heteroatoms. The number of amides is 1. The average Bonchev–Trinajstić information content (AvgIpc) is 3.07. The average molecular weight is 383 g/mol.